The van der Waals surface area contributed by atoms with Crippen molar-refractivity contribution in [1.29, 1.82) is 0 Å². The molecule has 0 atom stereocenters. The van der Waals surface area contributed by atoms with Gasteiger partial charge in [0.25, 0.3) is 10.0 Å². The van der Waals surface area contributed by atoms with E-state index in [-0.39, 0.29) is 17.4 Å². The van der Waals surface area contributed by atoms with Gasteiger partial charge in [0, 0.05) is 11.1 Å². The largest absolute Gasteiger partial charge is 0.492 e. The molecular formula is C15H14ClNO5S. The van der Waals surface area contributed by atoms with Crippen LogP contribution in [0.1, 0.15) is 6.92 Å². The third-order valence-corrected chi connectivity index (χ3v) is 4.76. The Morgan fingerprint density at radius 3 is 2.74 bits per heavy atom. The molecule has 0 amide bonds. The van der Waals surface area contributed by atoms with Crippen molar-refractivity contribution in [1.82, 2.24) is 0 Å². The lowest BCUT2D eigenvalue weighted by Gasteiger charge is -2.13. The van der Waals surface area contributed by atoms with Crippen LogP contribution in [0.15, 0.2) is 41.3 Å². The first-order valence-corrected chi connectivity index (χ1v) is 8.70. The zero-order chi connectivity index (χ0) is 16.4. The van der Waals surface area contributed by atoms with Gasteiger partial charge >= 0.3 is 0 Å². The molecule has 3 rings (SSSR count). The minimum Gasteiger partial charge on any atom is -0.492 e. The molecule has 122 valence electrons. The number of fused-ring (bicyclic) bond motifs is 1. The Bertz CT molecular complexity index is 838. The van der Waals surface area contributed by atoms with Gasteiger partial charge in [-0.05, 0) is 37.3 Å². The van der Waals surface area contributed by atoms with Gasteiger partial charge < -0.3 is 14.2 Å². The highest BCUT2D eigenvalue weighted by Crippen LogP contribution is 2.35. The first-order valence-electron chi connectivity index (χ1n) is 6.84. The monoisotopic (exact) mass is 355 g/mol. The highest BCUT2D eigenvalue weighted by molar-refractivity contribution is 7.92. The van der Waals surface area contributed by atoms with E-state index in [4.69, 9.17) is 25.8 Å². The first kappa shape index (κ1) is 15.8. The summed E-state index contributed by atoms with van der Waals surface area (Å²) in [5.41, 5.74) is 0.358. The van der Waals surface area contributed by atoms with Crippen LogP contribution in [0.4, 0.5) is 5.69 Å². The second-order valence-electron chi connectivity index (χ2n) is 4.70. The molecular weight excluding hydrogens is 342 g/mol. The van der Waals surface area contributed by atoms with Crippen LogP contribution in [0.25, 0.3) is 0 Å². The molecule has 6 nitrogen and oxygen atoms in total. The van der Waals surface area contributed by atoms with E-state index >= 15 is 0 Å². The third-order valence-electron chi connectivity index (χ3n) is 3.12. The molecule has 0 unspecified atom stereocenters. The van der Waals surface area contributed by atoms with Gasteiger partial charge in [-0.3, -0.25) is 4.72 Å². The summed E-state index contributed by atoms with van der Waals surface area (Å²) in [7, 11) is -3.86. The first-order chi connectivity index (χ1) is 11.0. The minimum atomic E-state index is -3.86. The topological polar surface area (TPSA) is 73.9 Å². The van der Waals surface area contributed by atoms with Crippen LogP contribution in [0.5, 0.6) is 17.2 Å². The van der Waals surface area contributed by atoms with Crippen LogP contribution >= 0.6 is 11.6 Å². The average Bonchev–Trinajstić information content (AvgIpc) is 2.96. The molecule has 0 aromatic heterocycles. The van der Waals surface area contributed by atoms with Crippen molar-refractivity contribution in [3.63, 3.8) is 0 Å². The van der Waals surface area contributed by atoms with Crippen molar-refractivity contribution in [2.24, 2.45) is 0 Å². The number of halogens is 1. The van der Waals surface area contributed by atoms with Crippen LogP contribution in [-0.2, 0) is 10.0 Å². The van der Waals surface area contributed by atoms with Crippen molar-refractivity contribution < 1.29 is 22.6 Å². The lowest BCUT2D eigenvalue weighted by molar-refractivity contribution is 0.174. The lowest BCUT2D eigenvalue weighted by atomic mass is 10.3. The molecule has 2 aromatic carbocycles. The number of sulfonamides is 1. The Labute approximate surface area is 139 Å². The Morgan fingerprint density at radius 2 is 1.96 bits per heavy atom. The molecule has 0 radical (unpaired) electrons. The van der Waals surface area contributed by atoms with Gasteiger partial charge in [-0.1, -0.05) is 11.6 Å². The molecule has 0 saturated carbocycles. The molecule has 2 aromatic rings. The van der Waals surface area contributed by atoms with Gasteiger partial charge in [0.2, 0.25) is 6.79 Å². The molecule has 0 fully saturated rings. The third kappa shape index (κ3) is 3.30. The zero-order valence-corrected chi connectivity index (χ0v) is 13.8. The predicted octanol–water partition coefficient (Wildman–Crippen LogP) is 3.27. The van der Waals surface area contributed by atoms with E-state index in [2.05, 4.69) is 4.72 Å². The summed E-state index contributed by atoms with van der Waals surface area (Å²) < 4.78 is 43.5. The van der Waals surface area contributed by atoms with Crippen molar-refractivity contribution in [2.45, 2.75) is 11.8 Å². The van der Waals surface area contributed by atoms with E-state index in [9.17, 15) is 8.42 Å². The van der Waals surface area contributed by atoms with E-state index in [1.807, 2.05) is 0 Å². The highest BCUT2D eigenvalue weighted by Gasteiger charge is 2.22. The van der Waals surface area contributed by atoms with Crippen molar-refractivity contribution in [2.75, 3.05) is 18.1 Å². The molecule has 1 aliphatic heterocycles. The molecule has 1 N–H and O–H groups in total. The number of anilines is 1. The van der Waals surface area contributed by atoms with Crippen LogP contribution < -0.4 is 18.9 Å². The number of rotatable bonds is 5. The van der Waals surface area contributed by atoms with Gasteiger partial charge in [0.1, 0.15) is 10.6 Å². The molecule has 0 saturated heterocycles. The van der Waals surface area contributed by atoms with Gasteiger partial charge in [0.05, 0.1) is 12.3 Å². The SMILES string of the molecule is CCOc1ccc(Cl)cc1S(=O)(=O)Nc1ccc2c(c1)OCO2. The van der Waals surface area contributed by atoms with Crippen molar-refractivity contribution in [3.05, 3.63) is 41.4 Å². The summed E-state index contributed by atoms with van der Waals surface area (Å²) in [6.45, 7) is 2.23. The standard InChI is InChI=1S/C15H14ClNO5S/c1-2-20-13-5-3-10(16)7-15(13)23(18,19)17-11-4-6-12-14(8-11)22-9-21-12/h3-8,17H,2,9H2,1H3. The Morgan fingerprint density at radius 1 is 1.17 bits per heavy atom. The fourth-order valence-electron chi connectivity index (χ4n) is 2.14. The van der Waals surface area contributed by atoms with Crippen LogP contribution in [0.3, 0.4) is 0 Å². The molecule has 1 heterocycles. The summed E-state index contributed by atoms with van der Waals surface area (Å²) in [5, 5.41) is 0.305. The fraction of sp³-hybridized carbons (Fsp3) is 0.200. The number of hydrogen-bond acceptors (Lipinski definition) is 5. The fourth-order valence-corrected chi connectivity index (χ4v) is 3.59. The van der Waals surface area contributed by atoms with Gasteiger partial charge in [-0.25, -0.2) is 8.42 Å². The summed E-state index contributed by atoms with van der Waals surface area (Å²) >= 11 is 5.92. The molecule has 1 aliphatic rings. The predicted molar refractivity (Wildman–Crippen MR) is 86.0 cm³/mol. The zero-order valence-electron chi connectivity index (χ0n) is 12.2. The number of benzene rings is 2. The maximum absolute atomic E-state index is 12.6. The van der Waals surface area contributed by atoms with E-state index in [0.717, 1.165) is 0 Å². The molecule has 23 heavy (non-hydrogen) atoms. The molecule has 0 aliphatic carbocycles. The Hall–Kier alpha value is -2.12. The summed E-state index contributed by atoms with van der Waals surface area (Å²) in [6.07, 6.45) is 0. The smallest absolute Gasteiger partial charge is 0.265 e. The van der Waals surface area contributed by atoms with Gasteiger partial charge in [-0.15, -0.1) is 0 Å². The Balaban J connectivity index is 1.94. The maximum atomic E-state index is 12.6. The highest BCUT2D eigenvalue weighted by atomic mass is 35.5. The van der Waals surface area contributed by atoms with E-state index < -0.39 is 10.0 Å². The number of hydrogen-bond donors (Lipinski definition) is 1. The van der Waals surface area contributed by atoms with E-state index in [1.54, 1.807) is 31.2 Å². The van der Waals surface area contributed by atoms with E-state index in [0.29, 0.717) is 28.8 Å². The molecule has 0 bridgehead atoms. The molecule has 8 heteroatoms. The van der Waals surface area contributed by atoms with Gasteiger partial charge in [-0.2, -0.15) is 0 Å². The van der Waals surface area contributed by atoms with Crippen LogP contribution in [0.2, 0.25) is 5.02 Å². The van der Waals surface area contributed by atoms with Gasteiger partial charge in [0.15, 0.2) is 11.5 Å². The Kier molecular flexibility index (Phi) is 4.23. The van der Waals surface area contributed by atoms with Crippen LogP contribution in [0, 0.1) is 0 Å². The second-order valence-corrected chi connectivity index (χ2v) is 6.78. The quantitative estimate of drug-likeness (QED) is 0.891. The average molecular weight is 356 g/mol. The normalized spacial score (nSPS) is 13.0. The van der Waals surface area contributed by atoms with Crippen LogP contribution in [-0.4, -0.2) is 21.8 Å². The summed E-state index contributed by atoms with van der Waals surface area (Å²) in [6, 6.07) is 9.25. The molecule has 0 spiro atoms. The van der Waals surface area contributed by atoms with Crippen molar-refractivity contribution in [3.8, 4) is 17.2 Å². The number of nitrogens with one attached hydrogen (secondary N) is 1. The summed E-state index contributed by atoms with van der Waals surface area (Å²) in [5.74, 6) is 1.30. The maximum Gasteiger partial charge on any atom is 0.265 e. The number of ether oxygens (including phenoxy) is 3. The minimum absolute atomic E-state index is 0.0236. The lowest BCUT2D eigenvalue weighted by Crippen LogP contribution is -2.14. The van der Waals surface area contributed by atoms with E-state index in [1.165, 1.54) is 12.1 Å². The second kappa shape index (κ2) is 6.17. The summed E-state index contributed by atoms with van der Waals surface area (Å²) in [4.78, 5) is -0.0236. The van der Waals surface area contributed by atoms with Crippen molar-refractivity contribution >= 4 is 27.3 Å².